The SMILES string of the molecule is NC(=O)C(N)c1ccc(Br)cc1F. The first-order valence-corrected chi connectivity index (χ1v) is 4.31. The van der Waals surface area contributed by atoms with Crippen LogP contribution in [0.15, 0.2) is 22.7 Å². The fourth-order valence-electron chi connectivity index (χ4n) is 0.907. The highest BCUT2D eigenvalue weighted by atomic mass is 79.9. The summed E-state index contributed by atoms with van der Waals surface area (Å²) in [6.45, 7) is 0. The number of benzene rings is 1. The molecule has 0 bridgehead atoms. The third-order valence-corrected chi connectivity index (χ3v) is 2.10. The number of carbonyl (C=O) groups is 1. The van der Waals surface area contributed by atoms with Crippen molar-refractivity contribution < 1.29 is 9.18 Å². The summed E-state index contributed by atoms with van der Waals surface area (Å²) >= 11 is 3.09. The fraction of sp³-hybridized carbons (Fsp3) is 0.125. The highest BCUT2D eigenvalue weighted by Crippen LogP contribution is 2.19. The van der Waals surface area contributed by atoms with Gasteiger partial charge in [-0.15, -0.1) is 0 Å². The minimum Gasteiger partial charge on any atom is -0.368 e. The van der Waals surface area contributed by atoms with Crippen LogP contribution in [0.1, 0.15) is 11.6 Å². The van der Waals surface area contributed by atoms with E-state index in [4.69, 9.17) is 11.5 Å². The van der Waals surface area contributed by atoms with Crippen molar-refractivity contribution in [1.29, 1.82) is 0 Å². The van der Waals surface area contributed by atoms with Crippen molar-refractivity contribution in [3.8, 4) is 0 Å². The van der Waals surface area contributed by atoms with Gasteiger partial charge in [0.1, 0.15) is 11.9 Å². The van der Waals surface area contributed by atoms with E-state index in [2.05, 4.69) is 15.9 Å². The summed E-state index contributed by atoms with van der Waals surface area (Å²) in [4.78, 5) is 10.7. The van der Waals surface area contributed by atoms with Gasteiger partial charge in [0.25, 0.3) is 0 Å². The van der Waals surface area contributed by atoms with Crippen LogP contribution in [-0.2, 0) is 4.79 Å². The van der Waals surface area contributed by atoms with Gasteiger partial charge in [0, 0.05) is 10.0 Å². The highest BCUT2D eigenvalue weighted by molar-refractivity contribution is 9.10. The Balaban J connectivity index is 3.08. The maximum atomic E-state index is 13.1. The molecule has 0 aliphatic heterocycles. The van der Waals surface area contributed by atoms with E-state index in [9.17, 15) is 9.18 Å². The van der Waals surface area contributed by atoms with Crippen molar-refractivity contribution in [2.75, 3.05) is 0 Å². The van der Waals surface area contributed by atoms with Crippen molar-refractivity contribution in [2.24, 2.45) is 11.5 Å². The van der Waals surface area contributed by atoms with Gasteiger partial charge in [0.05, 0.1) is 0 Å². The van der Waals surface area contributed by atoms with Gasteiger partial charge in [-0.2, -0.15) is 0 Å². The molecule has 0 heterocycles. The van der Waals surface area contributed by atoms with Crippen molar-refractivity contribution in [1.82, 2.24) is 0 Å². The van der Waals surface area contributed by atoms with Crippen LogP contribution < -0.4 is 11.5 Å². The summed E-state index contributed by atoms with van der Waals surface area (Å²) in [5.41, 5.74) is 10.4. The van der Waals surface area contributed by atoms with Crippen LogP contribution in [0.2, 0.25) is 0 Å². The van der Waals surface area contributed by atoms with E-state index in [1.165, 1.54) is 12.1 Å². The van der Waals surface area contributed by atoms with E-state index >= 15 is 0 Å². The number of amides is 1. The third kappa shape index (κ3) is 2.26. The number of hydrogen-bond donors (Lipinski definition) is 2. The molecule has 0 saturated heterocycles. The maximum Gasteiger partial charge on any atom is 0.239 e. The predicted octanol–water partition coefficient (Wildman–Crippen LogP) is 1.07. The second-order valence-corrected chi connectivity index (χ2v) is 3.46. The first-order valence-electron chi connectivity index (χ1n) is 3.52. The Kier molecular flexibility index (Phi) is 3.00. The van der Waals surface area contributed by atoms with E-state index in [1.54, 1.807) is 6.07 Å². The summed E-state index contributed by atoms with van der Waals surface area (Å²) in [6.07, 6.45) is 0. The normalized spacial score (nSPS) is 12.5. The second-order valence-electron chi connectivity index (χ2n) is 2.55. The molecule has 4 N–H and O–H groups in total. The third-order valence-electron chi connectivity index (χ3n) is 1.60. The van der Waals surface area contributed by atoms with Crippen LogP contribution in [0.4, 0.5) is 4.39 Å². The molecule has 0 aliphatic carbocycles. The zero-order valence-electron chi connectivity index (χ0n) is 6.63. The smallest absolute Gasteiger partial charge is 0.239 e. The van der Waals surface area contributed by atoms with E-state index in [0.717, 1.165) is 0 Å². The zero-order chi connectivity index (χ0) is 10.0. The molecule has 0 aliphatic rings. The Hall–Kier alpha value is -0.940. The van der Waals surface area contributed by atoms with Gasteiger partial charge in [0.15, 0.2) is 0 Å². The van der Waals surface area contributed by atoms with E-state index in [1.807, 2.05) is 0 Å². The first-order chi connectivity index (χ1) is 6.02. The van der Waals surface area contributed by atoms with Gasteiger partial charge in [0.2, 0.25) is 5.91 Å². The van der Waals surface area contributed by atoms with Gasteiger partial charge in [-0.1, -0.05) is 22.0 Å². The predicted molar refractivity (Wildman–Crippen MR) is 50.2 cm³/mol. The topological polar surface area (TPSA) is 69.1 Å². The number of carbonyl (C=O) groups excluding carboxylic acids is 1. The molecule has 1 amide bonds. The quantitative estimate of drug-likeness (QED) is 0.820. The zero-order valence-corrected chi connectivity index (χ0v) is 8.21. The molecule has 1 aromatic carbocycles. The molecule has 0 radical (unpaired) electrons. The molecule has 1 rings (SSSR count). The molecular formula is C8H8BrFN2O. The number of hydrogen-bond acceptors (Lipinski definition) is 2. The minimum atomic E-state index is -1.09. The molecule has 13 heavy (non-hydrogen) atoms. The molecule has 0 aromatic heterocycles. The molecule has 0 spiro atoms. The van der Waals surface area contributed by atoms with Crippen LogP contribution in [0.25, 0.3) is 0 Å². The average Bonchev–Trinajstić information content (AvgIpc) is 2.03. The van der Waals surface area contributed by atoms with Crippen molar-refractivity contribution in [2.45, 2.75) is 6.04 Å². The van der Waals surface area contributed by atoms with Gasteiger partial charge in [-0.3, -0.25) is 4.79 Å². The lowest BCUT2D eigenvalue weighted by molar-refractivity contribution is -0.119. The summed E-state index contributed by atoms with van der Waals surface area (Å²) in [5.74, 6) is -1.29. The Bertz CT molecular complexity index is 343. The van der Waals surface area contributed by atoms with Crippen LogP contribution in [0, 0.1) is 5.82 Å². The standard InChI is InChI=1S/C8H8BrFN2O/c9-4-1-2-5(6(10)3-4)7(11)8(12)13/h1-3,7H,11H2,(H2,12,13). The molecule has 1 aromatic rings. The molecule has 0 fully saturated rings. The summed E-state index contributed by atoms with van der Waals surface area (Å²) in [7, 11) is 0. The Morgan fingerprint density at radius 3 is 2.62 bits per heavy atom. The highest BCUT2D eigenvalue weighted by Gasteiger charge is 2.16. The number of nitrogens with two attached hydrogens (primary N) is 2. The van der Waals surface area contributed by atoms with Crippen molar-refractivity contribution in [3.05, 3.63) is 34.1 Å². The molecule has 0 saturated carbocycles. The van der Waals surface area contributed by atoms with Crippen LogP contribution >= 0.6 is 15.9 Å². The molecule has 3 nitrogen and oxygen atoms in total. The van der Waals surface area contributed by atoms with Crippen LogP contribution in [-0.4, -0.2) is 5.91 Å². The average molecular weight is 247 g/mol. The fourth-order valence-corrected chi connectivity index (χ4v) is 1.24. The summed E-state index contributed by atoms with van der Waals surface area (Å²) < 4.78 is 13.7. The molecular weight excluding hydrogens is 239 g/mol. The maximum absolute atomic E-state index is 13.1. The van der Waals surface area contributed by atoms with Gasteiger partial charge < -0.3 is 11.5 Å². The Morgan fingerprint density at radius 1 is 1.54 bits per heavy atom. The van der Waals surface area contributed by atoms with E-state index in [-0.39, 0.29) is 5.56 Å². The lowest BCUT2D eigenvalue weighted by atomic mass is 10.1. The monoisotopic (exact) mass is 246 g/mol. The summed E-state index contributed by atoms with van der Waals surface area (Å²) in [5, 5.41) is 0. The molecule has 70 valence electrons. The van der Waals surface area contributed by atoms with Gasteiger partial charge >= 0.3 is 0 Å². The lowest BCUT2D eigenvalue weighted by Gasteiger charge is -2.08. The van der Waals surface area contributed by atoms with Crippen molar-refractivity contribution in [3.63, 3.8) is 0 Å². The van der Waals surface area contributed by atoms with E-state index in [0.29, 0.717) is 4.47 Å². The van der Waals surface area contributed by atoms with Gasteiger partial charge in [-0.05, 0) is 12.1 Å². The number of primary amides is 1. The van der Waals surface area contributed by atoms with Crippen molar-refractivity contribution >= 4 is 21.8 Å². The van der Waals surface area contributed by atoms with Crippen LogP contribution in [0.3, 0.4) is 0 Å². The Morgan fingerprint density at radius 2 is 2.15 bits per heavy atom. The van der Waals surface area contributed by atoms with Crippen LogP contribution in [0.5, 0.6) is 0 Å². The lowest BCUT2D eigenvalue weighted by Crippen LogP contribution is -2.28. The number of rotatable bonds is 2. The summed E-state index contributed by atoms with van der Waals surface area (Å²) in [6, 6.07) is 3.17. The van der Waals surface area contributed by atoms with E-state index < -0.39 is 17.8 Å². The molecule has 1 atom stereocenters. The molecule has 5 heteroatoms. The first kappa shape index (κ1) is 10.1. The Labute approximate surface area is 83.0 Å². The largest absolute Gasteiger partial charge is 0.368 e. The second kappa shape index (κ2) is 3.85. The van der Waals surface area contributed by atoms with Gasteiger partial charge in [-0.25, -0.2) is 4.39 Å². The molecule has 1 unspecified atom stereocenters. The number of halogens is 2. The minimum absolute atomic E-state index is 0.107.